The Hall–Kier alpha value is -1.67. The number of rotatable bonds is 5. The van der Waals surface area contributed by atoms with Crippen LogP contribution in [0.25, 0.3) is 0 Å². The molecule has 1 heterocycles. The van der Waals surface area contributed by atoms with Gasteiger partial charge in [0.25, 0.3) is 0 Å². The molecule has 1 N–H and O–H groups in total. The first kappa shape index (κ1) is 14.7. The smallest absolute Gasteiger partial charge is 0.129 e. The van der Waals surface area contributed by atoms with Gasteiger partial charge in [0.05, 0.1) is 19.8 Å². The van der Waals surface area contributed by atoms with Crippen LogP contribution in [0.15, 0.2) is 35.7 Å². The molecule has 1 aromatic carbocycles. The Morgan fingerprint density at radius 1 is 1.25 bits per heavy atom. The molecule has 0 spiro atoms. The lowest BCUT2D eigenvalue weighted by atomic mass is 10.1. The molecular formula is C16H15FO2S. The van der Waals surface area contributed by atoms with Gasteiger partial charge in [-0.2, -0.15) is 0 Å². The normalized spacial score (nSPS) is 10.1. The van der Waals surface area contributed by atoms with E-state index in [1.54, 1.807) is 23.5 Å². The summed E-state index contributed by atoms with van der Waals surface area (Å²) in [6.45, 7) is 0.757. The quantitative estimate of drug-likeness (QED) is 0.856. The number of benzene rings is 1. The highest BCUT2D eigenvalue weighted by Gasteiger charge is 2.03. The number of hydrogen-bond acceptors (Lipinski definition) is 3. The van der Waals surface area contributed by atoms with Crippen LogP contribution in [0, 0.1) is 17.7 Å². The maximum atomic E-state index is 13.8. The second-order valence-corrected chi connectivity index (χ2v) is 5.19. The maximum absolute atomic E-state index is 13.8. The molecule has 0 radical (unpaired) electrons. The zero-order valence-corrected chi connectivity index (χ0v) is 11.8. The lowest BCUT2D eigenvalue weighted by molar-refractivity contribution is 0.107. The van der Waals surface area contributed by atoms with Gasteiger partial charge in [-0.25, -0.2) is 4.39 Å². The molecule has 0 aliphatic heterocycles. The predicted octanol–water partition coefficient (Wildman–Crippen LogP) is 3.34. The minimum atomic E-state index is -0.313. The van der Waals surface area contributed by atoms with Crippen LogP contribution in [-0.4, -0.2) is 11.7 Å². The predicted molar refractivity (Wildman–Crippen MR) is 77.8 cm³/mol. The topological polar surface area (TPSA) is 29.5 Å². The first-order valence-electron chi connectivity index (χ1n) is 6.28. The van der Waals surface area contributed by atoms with Gasteiger partial charge in [0.2, 0.25) is 0 Å². The zero-order valence-electron chi connectivity index (χ0n) is 10.9. The number of ether oxygens (including phenoxy) is 1. The van der Waals surface area contributed by atoms with Crippen molar-refractivity contribution in [3.63, 3.8) is 0 Å². The number of thiophene rings is 1. The minimum absolute atomic E-state index is 0.0180. The summed E-state index contributed by atoms with van der Waals surface area (Å²) in [4.78, 5) is 1.12. The summed E-state index contributed by atoms with van der Waals surface area (Å²) in [7, 11) is 0. The molecule has 104 valence electrons. The van der Waals surface area contributed by atoms with Crippen LogP contribution in [0.2, 0.25) is 0 Å². The molecule has 2 nitrogen and oxygen atoms in total. The molecule has 0 amide bonds. The highest BCUT2D eigenvalue weighted by molar-refractivity contribution is 7.09. The van der Waals surface area contributed by atoms with E-state index in [-0.39, 0.29) is 19.0 Å². The molecule has 0 atom stereocenters. The second-order valence-electron chi connectivity index (χ2n) is 4.15. The molecule has 0 unspecified atom stereocenters. The van der Waals surface area contributed by atoms with Crippen molar-refractivity contribution in [3.05, 3.63) is 57.5 Å². The molecule has 0 saturated carbocycles. The summed E-state index contributed by atoms with van der Waals surface area (Å²) in [5.74, 6) is 5.25. The Labute approximate surface area is 121 Å². The van der Waals surface area contributed by atoms with E-state index in [0.29, 0.717) is 24.2 Å². The van der Waals surface area contributed by atoms with Crippen molar-refractivity contribution in [2.45, 2.75) is 19.6 Å². The Morgan fingerprint density at radius 2 is 2.15 bits per heavy atom. The van der Waals surface area contributed by atoms with E-state index in [1.165, 1.54) is 6.07 Å². The third-order valence-corrected chi connectivity index (χ3v) is 3.45. The summed E-state index contributed by atoms with van der Waals surface area (Å²) >= 11 is 1.62. The lowest BCUT2D eigenvalue weighted by Gasteiger charge is -2.05. The molecule has 20 heavy (non-hydrogen) atoms. The van der Waals surface area contributed by atoms with Crippen LogP contribution in [0.4, 0.5) is 4.39 Å². The SMILES string of the molecule is OCCC#Cc1ccc(COCc2cccs2)c(F)c1. The average molecular weight is 290 g/mol. The van der Waals surface area contributed by atoms with Gasteiger partial charge in [0.1, 0.15) is 5.82 Å². The zero-order chi connectivity index (χ0) is 14.2. The maximum Gasteiger partial charge on any atom is 0.129 e. The van der Waals surface area contributed by atoms with Crippen LogP contribution in [-0.2, 0) is 18.0 Å². The van der Waals surface area contributed by atoms with E-state index in [2.05, 4.69) is 11.8 Å². The fourth-order valence-corrected chi connectivity index (χ4v) is 2.26. The van der Waals surface area contributed by atoms with Crippen LogP contribution >= 0.6 is 11.3 Å². The first-order chi connectivity index (χ1) is 9.79. The van der Waals surface area contributed by atoms with Gasteiger partial charge in [-0.3, -0.25) is 0 Å². The molecule has 2 aromatic rings. The summed E-state index contributed by atoms with van der Waals surface area (Å²) in [6.07, 6.45) is 0.396. The van der Waals surface area contributed by atoms with E-state index in [0.717, 1.165) is 4.88 Å². The number of hydrogen-bond donors (Lipinski definition) is 1. The van der Waals surface area contributed by atoms with E-state index in [9.17, 15) is 4.39 Å². The summed E-state index contributed by atoms with van der Waals surface area (Å²) in [5, 5.41) is 10.6. The Kier molecular flexibility index (Phi) is 5.75. The summed E-state index contributed by atoms with van der Waals surface area (Å²) in [6, 6.07) is 8.79. The molecule has 0 bridgehead atoms. The van der Waals surface area contributed by atoms with Crippen LogP contribution in [0.5, 0.6) is 0 Å². The van der Waals surface area contributed by atoms with Crippen molar-refractivity contribution in [2.75, 3.05) is 6.61 Å². The van der Waals surface area contributed by atoms with Gasteiger partial charge < -0.3 is 9.84 Å². The Bertz CT molecular complexity index is 597. The van der Waals surface area contributed by atoms with Gasteiger partial charge >= 0.3 is 0 Å². The highest BCUT2D eigenvalue weighted by Crippen LogP contribution is 2.14. The molecule has 2 rings (SSSR count). The van der Waals surface area contributed by atoms with Gasteiger partial charge in [0.15, 0.2) is 0 Å². The van der Waals surface area contributed by atoms with Crippen LogP contribution in [0.3, 0.4) is 0 Å². The van der Waals surface area contributed by atoms with Gasteiger partial charge in [-0.15, -0.1) is 11.3 Å². The molecule has 1 aromatic heterocycles. The van der Waals surface area contributed by atoms with Crippen molar-refractivity contribution in [3.8, 4) is 11.8 Å². The van der Waals surface area contributed by atoms with E-state index < -0.39 is 0 Å². The molecular weight excluding hydrogens is 275 g/mol. The summed E-state index contributed by atoms with van der Waals surface area (Å²) < 4.78 is 19.3. The molecule has 4 heteroatoms. The van der Waals surface area contributed by atoms with Crippen molar-refractivity contribution < 1.29 is 14.2 Å². The third kappa shape index (κ3) is 4.46. The van der Waals surface area contributed by atoms with Crippen LogP contribution in [0.1, 0.15) is 22.4 Å². The van der Waals surface area contributed by atoms with E-state index >= 15 is 0 Å². The monoisotopic (exact) mass is 290 g/mol. The molecule has 0 aliphatic rings. The number of aliphatic hydroxyl groups is 1. The minimum Gasteiger partial charge on any atom is -0.395 e. The average Bonchev–Trinajstić information content (AvgIpc) is 2.95. The lowest BCUT2D eigenvalue weighted by Crippen LogP contribution is -1.96. The number of aliphatic hydroxyl groups excluding tert-OH is 1. The molecule has 0 aliphatic carbocycles. The van der Waals surface area contributed by atoms with Gasteiger partial charge in [-0.1, -0.05) is 24.0 Å². The first-order valence-corrected chi connectivity index (χ1v) is 7.16. The fraction of sp³-hybridized carbons (Fsp3) is 0.250. The Morgan fingerprint density at radius 3 is 2.85 bits per heavy atom. The molecule has 0 saturated heterocycles. The Balaban J connectivity index is 1.91. The highest BCUT2D eigenvalue weighted by atomic mass is 32.1. The van der Waals surface area contributed by atoms with Crippen molar-refractivity contribution >= 4 is 11.3 Å². The molecule has 0 fully saturated rings. The number of halogens is 1. The fourth-order valence-electron chi connectivity index (χ4n) is 1.62. The largest absolute Gasteiger partial charge is 0.395 e. The third-order valence-electron chi connectivity index (χ3n) is 2.60. The van der Waals surface area contributed by atoms with E-state index in [1.807, 2.05) is 17.5 Å². The van der Waals surface area contributed by atoms with Crippen molar-refractivity contribution in [1.29, 1.82) is 0 Å². The van der Waals surface area contributed by atoms with Crippen LogP contribution < -0.4 is 0 Å². The van der Waals surface area contributed by atoms with Gasteiger partial charge in [0, 0.05) is 22.4 Å². The standard InChI is InChI=1S/C16H15FO2S/c17-16-10-13(4-1-2-8-18)6-7-14(16)11-19-12-15-5-3-9-20-15/h3,5-7,9-10,18H,2,8,11-12H2. The van der Waals surface area contributed by atoms with Crippen molar-refractivity contribution in [1.82, 2.24) is 0 Å². The second kappa shape index (κ2) is 7.81. The summed E-state index contributed by atoms with van der Waals surface area (Å²) in [5.41, 5.74) is 1.13. The van der Waals surface area contributed by atoms with Gasteiger partial charge in [-0.05, 0) is 23.6 Å². The van der Waals surface area contributed by atoms with E-state index in [4.69, 9.17) is 9.84 Å². The van der Waals surface area contributed by atoms with Crippen molar-refractivity contribution in [2.24, 2.45) is 0 Å².